The highest BCUT2D eigenvalue weighted by atomic mass is 32.1. The van der Waals surface area contributed by atoms with Crippen LogP contribution in [0.4, 0.5) is 5.00 Å². The van der Waals surface area contributed by atoms with E-state index >= 15 is 0 Å². The quantitative estimate of drug-likeness (QED) is 0.618. The Morgan fingerprint density at radius 1 is 1.42 bits per heavy atom. The molecule has 2 aromatic rings. The van der Waals surface area contributed by atoms with Gasteiger partial charge in [0, 0.05) is 28.4 Å². The molecule has 0 amide bonds. The van der Waals surface area contributed by atoms with E-state index in [9.17, 15) is 15.0 Å². The molecule has 3 rings (SSSR count). The number of nitrogens with zero attached hydrogens (tertiary/aromatic N) is 2. The average Bonchev–Trinajstić information content (AvgIpc) is 3.01. The summed E-state index contributed by atoms with van der Waals surface area (Å²) < 4.78 is 5.23. The Labute approximate surface area is 156 Å². The van der Waals surface area contributed by atoms with Gasteiger partial charge in [-0.15, -0.1) is 11.3 Å². The number of aromatic hydroxyl groups is 1. The Kier molecular flexibility index (Phi) is 5.68. The van der Waals surface area contributed by atoms with Crippen LogP contribution in [-0.2, 0) is 24.2 Å². The van der Waals surface area contributed by atoms with Crippen molar-refractivity contribution in [3.05, 3.63) is 39.0 Å². The van der Waals surface area contributed by atoms with Crippen molar-refractivity contribution in [2.75, 3.05) is 6.61 Å². The minimum atomic E-state index is -0.350. The maximum Gasteiger partial charge on any atom is 0.341 e. The molecule has 2 aromatic heterocycles. The van der Waals surface area contributed by atoms with Crippen molar-refractivity contribution in [1.29, 1.82) is 0 Å². The van der Waals surface area contributed by atoms with Gasteiger partial charge >= 0.3 is 5.97 Å². The lowest BCUT2D eigenvalue weighted by Gasteiger charge is -2.11. The first kappa shape index (κ1) is 18.5. The van der Waals surface area contributed by atoms with Crippen LogP contribution in [0.1, 0.15) is 57.4 Å². The van der Waals surface area contributed by atoms with Crippen LogP contribution < -0.4 is 0 Å². The molecule has 0 saturated carbocycles. The molecule has 7 heteroatoms. The minimum Gasteiger partial charge on any atom is -0.505 e. The van der Waals surface area contributed by atoms with Crippen LogP contribution in [-0.4, -0.2) is 34.0 Å². The summed E-state index contributed by atoms with van der Waals surface area (Å²) in [5.74, 6) is -0.365. The number of hydrogen-bond donors (Lipinski definition) is 2. The molecule has 0 saturated heterocycles. The molecule has 138 valence electrons. The van der Waals surface area contributed by atoms with Crippen molar-refractivity contribution in [3.8, 4) is 5.75 Å². The standard InChI is InChI=1S/C19H22N2O4S/c1-3-25-19(24)16-13-6-4-5-7-15(13)26-18(16)21-9-14-12(10-22)8-20-11(2)17(14)23/h8-9,22-23H,3-7,10H2,1-2H3/b21-9+. The van der Waals surface area contributed by atoms with Crippen LogP contribution in [0.2, 0.25) is 0 Å². The molecule has 0 bridgehead atoms. The molecule has 26 heavy (non-hydrogen) atoms. The number of aliphatic hydroxyl groups is 1. The third kappa shape index (κ3) is 3.50. The molecule has 0 aliphatic heterocycles. The predicted molar refractivity (Wildman–Crippen MR) is 101 cm³/mol. The van der Waals surface area contributed by atoms with Crippen molar-refractivity contribution in [1.82, 2.24) is 4.98 Å². The van der Waals surface area contributed by atoms with Gasteiger partial charge in [0.2, 0.25) is 0 Å². The number of ether oxygens (including phenoxy) is 1. The fourth-order valence-electron chi connectivity index (χ4n) is 3.10. The van der Waals surface area contributed by atoms with E-state index in [-0.39, 0.29) is 18.3 Å². The van der Waals surface area contributed by atoms with E-state index in [0.717, 1.165) is 31.2 Å². The van der Waals surface area contributed by atoms with Gasteiger partial charge in [-0.05, 0) is 45.1 Å². The first-order chi connectivity index (χ1) is 12.6. The minimum absolute atomic E-state index is 0.0145. The van der Waals surface area contributed by atoms with Gasteiger partial charge in [0.25, 0.3) is 0 Å². The Balaban J connectivity index is 2.05. The fourth-order valence-corrected chi connectivity index (χ4v) is 4.32. The van der Waals surface area contributed by atoms with Crippen molar-refractivity contribution in [2.24, 2.45) is 4.99 Å². The molecule has 2 heterocycles. The molecular formula is C19H22N2O4S. The summed E-state index contributed by atoms with van der Waals surface area (Å²) in [7, 11) is 0. The second-order valence-electron chi connectivity index (χ2n) is 6.16. The average molecular weight is 374 g/mol. The summed E-state index contributed by atoms with van der Waals surface area (Å²) in [6.45, 7) is 3.52. The maximum atomic E-state index is 12.5. The van der Waals surface area contributed by atoms with E-state index in [1.54, 1.807) is 13.8 Å². The highest BCUT2D eigenvalue weighted by molar-refractivity contribution is 7.16. The normalized spacial score (nSPS) is 13.8. The fraction of sp³-hybridized carbons (Fsp3) is 0.421. The van der Waals surface area contributed by atoms with E-state index in [1.165, 1.54) is 28.6 Å². The molecule has 0 spiro atoms. The summed E-state index contributed by atoms with van der Waals surface area (Å²) in [6.07, 6.45) is 6.98. The molecular weight excluding hydrogens is 352 g/mol. The molecule has 0 radical (unpaired) electrons. The number of aryl methyl sites for hydroxylation is 2. The first-order valence-corrected chi connectivity index (χ1v) is 9.52. The zero-order chi connectivity index (χ0) is 18.7. The lowest BCUT2D eigenvalue weighted by atomic mass is 9.95. The van der Waals surface area contributed by atoms with Gasteiger partial charge in [0.05, 0.1) is 24.5 Å². The second-order valence-corrected chi connectivity index (χ2v) is 7.24. The number of hydrogen-bond acceptors (Lipinski definition) is 7. The summed E-state index contributed by atoms with van der Waals surface area (Å²) in [5, 5.41) is 20.3. The predicted octanol–water partition coefficient (Wildman–Crippen LogP) is 3.46. The van der Waals surface area contributed by atoms with Gasteiger partial charge in [-0.2, -0.15) is 0 Å². The number of rotatable bonds is 5. The van der Waals surface area contributed by atoms with Gasteiger partial charge < -0.3 is 14.9 Å². The van der Waals surface area contributed by atoms with E-state index < -0.39 is 0 Å². The second kappa shape index (κ2) is 7.97. The molecule has 1 aliphatic rings. The largest absolute Gasteiger partial charge is 0.505 e. The number of pyridine rings is 1. The zero-order valence-corrected chi connectivity index (χ0v) is 15.7. The topological polar surface area (TPSA) is 92.0 Å². The highest BCUT2D eigenvalue weighted by Gasteiger charge is 2.26. The van der Waals surface area contributed by atoms with Gasteiger partial charge in [0.1, 0.15) is 10.8 Å². The van der Waals surface area contributed by atoms with Crippen molar-refractivity contribution in [2.45, 2.75) is 46.1 Å². The highest BCUT2D eigenvalue weighted by Crippen LogP contribution is 2.40. The van der Waals surface area contributed by atoms with Crippen molar-refractivity contribution >= 4 is 28.5 Å². The summed E-state index contributed by atoms with van der Waals surface area (Å²) in [5.41, 5.74) is 2.94. The van der Waals surface area contributed by atoms with Crippen molar-refractivity contribution < 1.29 is 19.7 Å². The van der Waals surface area contributed by atoms with Crippen LogP contribution in [0.15, 0.2) is 11.2 Å². The van der Waals surface area contributed by atoms with Gasteiger partial charge in [-0.3, -0.25) is 4.98 Å². The van der Waals surface area contributed by atoms with Gasteiger partial charge in [0.15, 0.2) is 0 Å². The number of thiophene rings is 1. The van der Waals surface area contributed by atoms with Crippen LogP contribution in [0, 0.1) is 6.92 Å². The van der Waals surface area contributed by atoms with Crippen LogP contribution in [0.25, 0.3) is 0 Å². The van der Waals surface area contributed by atoms with Gasteiger partial charge in [-0.1, -0.05) is 0 Å². The number of carbonyl (C=O) groups is 1. The van der Waals surface area contributed by atoms with E-state index in [0.29, 0.717) is 34.0 Å². The lowest BCUT2D eigenvalue weighted by molar-refractivity contribution is 0.0526. The number of esters is 1. The summed E-state index contributed by atoms with van der Waals surface area (Å²) >= 11 is 1.50. The van der Waals surface area contributed by atoms with Crippen LogP contribution >= 0.6 is 11.3 Å². The lowest BCUT2D eigenvalue weighted by Crippen LogP contribution is -2.09. The molecule has 2 N–H and O–H groups in total. The number of aliphatic imine (C=N–C) groups is 1. The number of aromatic nitrogens is 1. The van der Waals surface area contributed by atoms with Gasteiger partial charge in [-0.25, -0.2) is 9.79 Å². The molecule has 1 aliphatic carbocycles. The smallest absolute Gasteiger partial charge is 0.341 e. The molecule has 0 atom stereocenters. The number of fused-ring (bicyclic) bond motifs is 1. The Hall–Kier alpha value is -2.25. The first-order valence-electron chi connectivity index (χ1n) is 8.70. The Morgan fingerprint density at radius 3 is 2.92 bits per heavy atom. The third-order valence-corrected chi connectivity index (χ3v) is 5.67. The Bertz CT molecular complexity index is 858. The van der Waals surface area contributed by atoms with Crippen LogP contribution in [0.5, 0.6) is 5.75 Å². The van der Waals surface area contributed by atoms with Crippen molar-refractivity contribution in [3.63, 3.8) is 0 Å². The third-order valence-electron chi connectivity index (χ3n) is 4.47. The summed E-state index contributed by atoms with van der Waals surface area (Å²) in [6, 6.07) is 0. The number of aliphatic hydroxyl groups excluding tert-OH is 1. The zero-order valence-electron chi connectivity index (χ0n) is 14.9. The Morgan fingerprint density at radius 2 is 2.19 bits per heavy atom. The van der Waals surface area contributed by atoms with E-state index in [1.807, 2.05) is 0 Å². The van der Waals surface area contributed by atoms with E-state index in [2.05, 4.69) is 9.98 Å². The number of carbonyl (C=O) groups excluding carboxylic acids is 1. The molecule has 0 aromatic carbocycles. The maximum absolute atomic E-state index is 12.5. The SMILES string of the molecule is CCOC(=O)c1c(/N=C/c2c(CO)cnc(C)c2O)sc2c1CCCC2. The molecule has 0 unspecified atom stereocenters. The summed E-state index contributed by atoms with van der Waals surface area (Å²) in [4.78, 5) is 22.2. The monoisotopic (exact) mass is 374 g/mol. The van der Waals surface area contributed by atoms with E-state index in [4.69, 9.17) is 4.74 Å². The van der Waals surface area contributed by atoms with Crippen LogP contribution in [0.3, 0.4) is 0 Å². The molecule has 0 fully saturated rings. The molecule has 6 nitrogen and oxygen atoms in total.